The summed E-state index contributed by atoms with van der Waals surface area (Å²) < 4.78 is 13.9. The van der Waals surface area contributed by atoms with E-state index in [0.29, 0.717) is 17.4 Å². The Morgan fingerprint density at radius 1 is 0.825 bits per heavy atom. The SMILES string of the molecule is COC(=O)Cn1c(=O)c2ccccc2n(CCCN2CCC(OC(c3ccccc3)c3ccccc3)CC2)c1=O. The maximum absolute atomic E-state index is 13.2. The Hall–Kier alpha value is -4.01. The summed E-state index contributed by atoms with van der Waals surface area (Å²) in [6.07, 6.45) is 2.67. The Balaban J connectivity index is 1.21. The molecule has 1 aromatic heterocycles. The summed E-state index contributed by atoms with van der Waals surface area (Å²) in [5, 5.41) is 0.412. The second kappa shape index (κ2) is 12.9. The van der Waals surface area contributed by atoms with Gasteiger partial charge in [0.2, 0.25) is 0 Å². The van der Waals surface area contributed by atoms with Gasteiger partial charge in [-0.3, -0.25) is 14.2 Å². The Bertz CT molecular complexity index is 1500. The number of nitrogens with zero attached hydrogens (tertiary/aromatic N) is 3. The van der Waals surface area contributed by atoms with Crippen LogP contribution in [-0.4, -0.2) is 52.9 Å². The number of hydrogen-bond donors (Lipinski definition) is 0. The van der Waals surface area contributed by atoms with E-state index >= 15 is 0 Å². The molecule has 208 valence electrons. The highest BCUT2D eigenvalue weighted by Crippen LogP contribution is 2.30. The first-order chi connectivity index (χ1) is 19.5. The van der Waals surface area contributed by atoms with Gasteiger partial charge in [0, 0.05) is 19.6 Å². The maximum atomic E-state index is 13.2. The number of aryl methyl sites for hydroxylation is 1. The van der Waals surface area contributed by atoms with Crippen LogP contribution in [0.4, 0.5) is 0 Å². The minimum Gasteiger partial charge on any atom is -0.468 e. The molecule has 8 nitrogen and oxygen atoms in total. The number of methoxy groups -OCH3 is 1. The van der Waals surface area contributed by atoms with E-state index < -0.39 is 23.8 Å². The second-order valence-electron chi connectivity index (χ2n) is 10.2. The molecule has 0 bridgehead atoms. The fraction of sp³-hybridized carbons (Fsp3) is 0.344. The third-order valence-electron chi connectivity index (χ3n) is 7.57. The van der Waals surface area contributed by atoms with E-state index in [-0.39, 0.29) is 12.2 Å². The van der Waals surface area contributed by atoms with Crippen LogP contribution in [0.5, 0.6) is 0 Å². The monoisotopic (exact) mass is 541 g/mol. The minimum atomic E-state index is -0.632. The lowest BCUT2D eigenvalue weighted by atomic mass is 10.00. The first kappa shape index (κ1) is 27.6. The van der Waals surface area contributed by atoms with E-state index in [4.69, 9.17) is 9.47 Å². The molecule has 0 atom stereocenters. The van der Waals surface area contributed by atoms with Crippen molar-refractivity contribution in [1.82, 2.24) is 14.0 Å². The standard InChI is InChI=1S/C32H35N3O5/c1-39-29(36)23-35-31(37)27-15-8-9-16-28(27)34(32(35)38)20-10-19-33-21-17-26(18-22-33)40-30(24-11-4-2-5-12-24)25-13-6-3-7-14-25/h2-9,11-16,26,30H,10,17-23H2,1H3. The van der Waals surface area contributed by atoms with Crippen molar-refractivity contribution in [3.63, 3.8) is 0 Å². The average Bonchev–Trinajstić information content (AvgIpc) is 3.01. The number of aromatic nitrogens is 2. The molecule has 2 heterocycles. The molecular formula is C32H35N3O5. The number of benzene rings is 3. The lowest BCUT2D eigenvalue weighted by molar-refractivity contribution is -0.141. The highest BCUT2D eigenvalue weighted by molar-refractivity contribution is 5.78. The third-order valence-corrected chi connectivity index (χ3v) is 7.57. The molecular weight excluding hydrogens is 506 g/mol. The zero-order valence-electron chi connectivity index (χ0n) is 22.8. The van der Waals surface area contributed by atoms with Gasteiger partial charge in [0.1, 0.15) is 12.6 Å². The van der Waals surface area contributed by atoms with Crippen molar-refractivity contribution in [3.05, 3.63) is 117 Å². The van der Waals surface area contributed by atoms with Crippen LogP contribution in [0.1, 0.15) is 36.5 Å². The Morgan fingerprint density at radius 3 is 2.05 bits per heavy atom. The number of likely N-dealkylation sites (tertiary alicyclic amines) is 1. The van der Waals surface area contributed by atoms with Crippen LogP contribution in [0.2, 0.25) is 0 Å². The number of fused-ring (bicyclic) bond motifs is 1. The van der Waals surface area contributed by atoms with Crippen LogP contribution in [0.15, 0.2) is 94.5 Å². The minimum absolute atomic E-state index is 0.0974. The number of carbonyl (C=O) groups is 1. The molecule has 0 unspecified atom stereocenters. The predicted molar refractivity (Wildman–Crippen MR) is 154 cm³/mol. The van der Waals surface area contributed by atoms with Crippen molar-refractivity contribution >= 4 is 16.9 Å². The second-order valence-corrected chi connectivity index (χ2v) is 10.2. The fourth-order valence-electron chi connectivity index (χ4n) is 5.44. The molecule has 8 heteroatoms. The first-order valence-electron chi connectivity index (χ1n) is 13.8. The van der Waals surface area contributed by atoms with E-state index in [1.165, 1.54) is 7.11 Å². The zero-order valence-corrected chi connectivity index (χ0v) is 22.8. The molecule has 4 aromatic rings. The number of carbonyl (C=O) groups excluding carboxylic acids is 1. The van der Waals surface area contributed by atoms with Crippen LogP contribution in [0, 0.1) is 0 Å². The summed E-state index contributed by atoms with van der Waals surface area (Å²) in [5.41, 5.74) is 1.92. The van der Waals surface area contributed by atoms with Crippen molar-refractivity contribution in [2.24, 2.45) is 0 Å². The topological polar surface area (TPSA) is 82.8 Å². The molecule has 1 aliphatic rings. The van der Waals surface area contributed by atoms with Crippen molar-refractivity contribution in [1.29, 1.82) is 0 Å². The van der Waals surface area contributed by atoms with E-state index in [9.17, 15) is 14.4 Å². The molecule has 0 spiro atoms. The van der Waals surface area contributed by atoms with Gasteiger partial charge in [0.15, 0.2) is 0 Å². The van der Waals surface area contributed by atoms with Gasteiger partial charge in [0.25, 0.3) is 5.56 Å². The van der Waals surface area contributed by atoms with Crippen LogP contribution in [0.3, 0.4) is 0 Å². The van der Waals surface area contributed by atoms with Gasteiger partial charge >= 0.3 is 11.7 Å². The number of esters is 1. The molecule has 3 aromatic carbocycles. The number of hydrogen-bond acceptors (Lipinski definition) is 6. The average molecular weight is 542 g/mol. The fourth-order valence-corrected chi connectivity index (χ4v) is 5.44. The number of piperidine rings is 1. The van der Waals surface area contributed by atoms with Gasteiger partial charge in [-0.05, 0) is 49.1 Å². The van der Waals surface area contributed by atoms with E-state index in [1.807, 2.05) is 42.5 Å². The van der Waals surface area contributed by atoms with Crippen molar-refractivity contribution in [2.75, 3.05) is 26.7 Å². The summed E-state index contributed by atoms with van der Waals surface area (Å²) in [6.45, 7) is 2.70. The smallest absolute Gasteiger partial charge is 0.332 e. The molecule has 0 radical (unpaired) electrons. The molecule has 1 fully saturated rings. The molecule has 0 N–H and O–H groups in total. The van der Waals surface area contributed by atoms with Crippen LogP contribution < -0.4 is 11.2 Å². The van der Waals surface area contributed by atoms with Gasteiger partial charge < -0.3 is 14.4 Å². The van der Waals surface area contributed by atoms with Gasteiger partial charge in [-0.1, -0.05) is 72.8 Å². The predicted octanol–water partition coefficient (Wildman–Crippen LogP) is 4.00. The van der Waals surface area contributed by atoms with Crippen LogP contribution in [-0.2, 0) is 27.4 Å². The number of ether oxygens (including phenoxy) is 2. The lowest BCUT2D eigenvalue weighted by Gasteiger charge is -2.34. The quantitative estimate of drug-likeness (QED) is 0.282. The first-order valence-corrected chi connectivity index (χ1v) is 13.8. The van der Waals surface area contributed by atoms with E-state index in [1.54, 1.807) is 22.8 Å². The number of rotatable bonds is 10. The lowest BCUT2D eigenvalue weighted by Crippen LogP contribution is -2.42. The summed E-state index contributed by atoms with van der Waals surface area (Å²) in [6, 6.07) is 27.7. The van der Waals surface area contributed by atoms with E-state index in [0.717, 1.165) is 54.6 Å². The summed E-state index contributed by atoms with van der Waals surface area (Å²) >= 11 is 0. The molecule has 40 heavy (non-hydrogen) atoms. The summed E-state index contributed by atoms with van der Waals surface area (Å²) in [5.74, 6) is -0.632. The molecule has 0 amide bonds. The molecule has 1 aliphatic heterocycles. The Kier molecular flexibility index (Phi) is 8.88. The highest BCUT2D eigenvalue weighted by Gasteiger charge is 2.25. The largest absolute Gasteiger partial charge is 0.468 e. The van der Waals surface area contributed by atoms with E-state index in [2.05, 4.69) is 29.2 Å². The van der Waals surface area contributed by atoms with Gasteiger partial charge in [-0.25, -0.2) is 9.36 Å². The maximum Gasteiger partial charge on any atom is 0.332 e. The Labute approximate surface area is 233 Å². The van der Waals surface area contributed by atoms with Crippen molar-refractivity contribution in [3.8, 4) is 0 Å². The normalized spacial score (nSPS) is 14.6. The van der Waals surface area contributed by atoms with Gasteiger partial charge in [0.05, 0.1) is 24.1 Å². The molecule has 0 saturated carbocycles. The van der Waals surface area contributed by atoms with Gasteiger partial charge in [-0.15, -0.1) is 0 Å². The molecule has 0 aliphatic carbocycles. The summed E-state index contributed by atoms with van der Waals surface area (Å²) in [4.78, 5) is 40.4. The number of para-hydroxylation sites is 1. The highest BCUT2D eigenvalue weighted by atomic mass is 16.5. The zero-order chi connectivity index (χ0) is 27.9. The molecule has 5 rings (SSSR count). The third kappa shape index (κ3) is 6.24. The summed E-state index contributed by atoms with van der Waals surface area (Å²) in [7, 11) is 1.24. The Morgan fingerprint density at radius 2 is 1.43 bits per heavy atom. The van der Waals surface area contributed by atoms with Crippen LogP contribution >= 0.6 is 0 Å². The van der Waals surface area contributed by atoms with Crippen molar-refractivity contribution < 1.29 is 14.3 Å². The van der Waals surface area contributed by atoms with Gasteiger partial charge in [-0.2, -0.15) is 0 Å². The van der Waals surface area contributed by atoms with Crippen molar-refractivity contribution in [2.45, 2.75) is 44.6 Å². The van der Waals surface area contributed by atoms with Crippen LogP contribution in [0.25, 0.3) is 10.9 Å². The molecule has 1 saturated heterocycles.